The number of sulfonamides is 1. The van der Waals surface area contributed by atoms with E-state index in [2.05, 4.69) is 15.0 Å². The number of hydrogen-bond donors (Lipinski definition) is 2. The number of rotatable bonds is 7. The molecular formula is C11H19N3O2S2. The molecule has 0 saturated heterocycles. The molecule has 0 aromatic carbocycles. The molecule has 0 saturated carbocycles. The summed E-state index contributed by atoms with van der Waals surface area (Å²) in [5.74, 6) is 0.747. The van der Waals surface area contributed by atoms with E-state index in [0.29, 0.717) is 5.69 Å². The van der Waals surface area contributed by atoms with Gasteiger partial charge in [0.1, 0.15) is 0 Å². The highest BCUT2D eigenvalue weighted by Gasteiger charge is 2.22. The number of thioether (sulfide) groups is 1. The number of hydrogen-bond acceptors (Lipinski definition) is 5. The Morgan fingerprint density at radius 2 is 2.22 bits per heavy atom. The minimum absolute atomic E-state index is 0.0482. The highest BCUT2D eigenvalue weighted by atomic mass is 32.2. The zero-order valence-corrected chi connectivity index (χ0v) is 12.4. The van der Waals surface area contributed by atoms with E-state index in [1.807, 2.05) is 13.2 Å². The van der Waals surface area contributed by atoms with Crippen molar-refractivity contribution < 1.29 is 8.42 Å². The number of aromatic nitrogens is 1. The average Bonchev–Trinajstić information content (AvgIpc) is 2.38. The van der Waals surface area contributed by atoms with Crippen LogP contribution in [-0.2, 0) is 10.0 Å². The summed E-state index contributed by atoms with van der Waals surface area (Å²) in [6.45, 7) is 1.96. The van der Waals surface area contributed by atoms with Crippen molar-refractivity contribution in [3.63, 3.8) is 0 Å². The van der Waals surface area contributed by atoms with Gasteiger partial charge < -0.3 is 5.32 Å². The van der Waals surface area contributed by atoms with Crippen LogP contribution in [0, 0.1) is 0 Å². The van der Waals surface area contributed by atoms with Crippen LogP contribution in [0.3, 0.4) is 0 Å². The van der Waals surface area contributed by atoms with Crippen LogP contribution < -0.4 is 10.0 Å². The van der Waals surface area contributed by atoms with Gasteiger partial charge in [0.25, 0.3) is 10.0 Å². The highest BCUT2D eigenvalue weighted by molar-refractivity contribution is 7.98. The summed E-state index contributed by atoms with van der Waals surface area (Å²) in [6, 6.07) is 3.32. The highest BCUT2D eigenvalue weighted by Crippen LogP contribution is 2.18. The Bertz CT molecular complexity index is 477. The van der Waals surface area contributed by atoms with E-state index in [9.17, 15) is 8.42 Å². The van der Waals surface area contributed by atoms with Gasteiger partial charge in [-0.1, -0.05) is 6.92 Å². The second-order valence-electron chi connectivity index (χ2n) is 3.79. The van der Waals surface area contributed by atoms with Gasteiger partial charge in [-0.3, -0.25) is 0 Å². The lowest BCUT2D eigenvalue weighted by molar-refractivity contribution is 0.555. The van der Waals surface area contributed by atoms with E-state index in [-0.39, 0.29) is 11.1 Å². The van der Waals surface area contributed by atoms with Crippen LogP contribution in [-0.4, -0.2) is 38.5 Å². The van der Waals surface area contributed by atoms with Gasteiger partial charge in [0.15, 0.2) is 5.03 Å². The van der Waals surface area contributed by atoms with Crippen LogP contribution in [0.5, 0.6) is 0 Å². The van der Waals surface area contributed by atoms with Crippen LogP contribution in [0.2, 0.25) is 0 Å². The molecule has 0 spiro atoms. The Morgan fingerprint density at radius 1 is 1.50 bits per heavy atom. The largest absolute Gasteiger partial charge is 0.386 e. The summed E-state index contributed by atoms with van der Waals surface area (Å²) in [5, 5.41) is 2.89. The van der Waals surface area contributed by atoms with Gasteiger partial charge in [-0.2, -0.15) is 11.8 Å². The molecule has 1 atom stereocenters. The van der Waals surface area contributed by atoms with Gasteiger partial charge in [-0.05, 0) is 24.8 Å². The van der Waals surface area contributed by atoms with E-state index in [1.54, 1.807) is 30.9 Å². The monoisotopic (exact) mass is 289 g/mol. The molecule has 0 aliphatic rings. The first-order valence-corrected chi connectivity index (χ1v) is 8.56. The smallest absolute Gasteiger partial charge is 0.260 e. The van der Waals surface area contributed by atoms with Gasteiger partial charge in [0.2, 0.25) is 0 Å². The molecule has 7 heteroatoms. The molecular weight excluding hydrogens is 270 g/mol. The van der Waals surface area contributed by atoms with Gasteiger partial charge in [0.05, 0.1) is 5.69 Å². The fourth-order valence-electron chi connectivity index (χ4n) is 1.51. The second-order valence-corrected chi connectivity index (χ2v) is 6.33. The second kappa shape index (κ2) is 6.96. The quantitative estimate of drug-likeness (QED) is 0.797. The summed E-state index contributed by atoms with van der Waals surface area (Å²) in [6.07, 6.45) is 4.18. The van der Waals surface area contributed by atoms with Crippen molar-refractivity contribution in [3.05, 3.63) is 18.3 Å². The Kier molecular flexibility index (Phi) is 5.90. The van der Waals surface area contributed by atoms with Gasteiger partial charge >= 0.3 is 0 Å². The summed E-state index contributed by atoms with van der Waals surface area (Å²) in [7, 11) is -1.90. The van der Waals surface area contributed by atoms with E-state index in [1.165, 1.54) is 6.20 Å². The van der Waals surface area contributed by atoms with Crippen molar-refractivity contribution in [1.82, 2.24) is 9.71 Å². The van der Waals surface area contributed by atoms with Gasteiger partial charge in [-0.25, -0.2) is 18.1 Å². The molecule has 2 N–H and O–H groups in total. The van der Waals surface area contributed by atoms with Gasteiger partial charge in [0, 0.05) is 25.0 Å². The molecule has 1 heterocycles. The number of anilines is 1. The minimum atomic E-state index is -3.57. The molecule has 0 fully saturated rings. The maximum atomic E-state index is 12.2. The lowest BCUT2D eigenvalue weighted by Crippen LogP contribution is -2.36. The molecule has 1 aromatic heterocycles. The predicted molar refractivity (Wildman–Crippen MR) is 76.6 cm³/mol. The maximum Gasteiger partial charge on any atom is 0.260 e. The Morgan fingerprint density at radius 3 is 2.78 bits per heavy atom. The van der Waals surface area contributed by atoms with Crippen molar-refractivity contribution in [2.45, 2.75) is 24.4 Å². The molecule has 0 bridgehead atoms. The third kappa shape index (κ3) is 3.86. The lowest BCUT2D eigenvalue weighted by atomic mass is 10.3. The number of nitrogens with one attached hydrogen (secondary N) is 2. The van der Waals surface area contributed by atoms with Crippen LogP contribution >= 0.6 is 11.8 Å². The van der Waals surface area contributed by atoms with Crippen LogP contribution in [0.4, 0.5) is 5.69 Å². The van der Waals surface area contributed by atoms with Gasteiger partial charge in [-0.15, -0.1) is 0 Å². The molecule has 0 aliphatic carbocycles. The molecule has 0 amide bonds. The van der Waals surface area contributed by atoms with Crippen molar-refractivity contribution in [2.24, 2.45) is 0 Å². The average molecular weight is 289 g/mol. The molecule has 1 rings (SSSR count). The van der Waals surface area contributed by atoms with Crippen LogP contribution in [0.1, 0.15) is 13.3 Å². The molecule has 0 aliphatic heterocycles. The fraction of sp³-hybridized carbons (Fsp3) is 0.545. The summed E-state index contributed by atoms with van der Waals surface area (Å²) in [5.41, 5.74) is 0.504. The van der Waals surface area contributed by atoms with Crippen molar-refractivity contribution in [3.8, 4) is 0 Å². The van der Waals surface area contributed by atoms with Crippen LogP contribution in [0.25, 0.3) is 0 Å². The molecule has 18 heavy (non-hydrogen) atoms. The number of nitrogens with zero attached hydrogens (tertiary/aromatic N) is 1. The zero-order chi connectivity index (χ0) is 13.6. The normalized spacial score (nSPS) is 13.3. The van der Waals surface area contributed by atoms with Crippen LogP contribution in [0.15, 0.2) is 23.4 Å². The van der Waals surface area contributed by atoms with Crippen molar-refractivity contribution in [1.29, 1.82) is 0 Å². The summed E-state index contributed by atoms with van der Waals surface area (Å²) < 4.78 is 27.2. The SMILES string of the molecule is CCC(CSC)NS(=O)(=O)c1ncccc1NC. The molecule has 102 valence electrons. The van der Waals surface area contributed by atoms with Crippen molar-refractivity contribution in [2.75, 3.05) is 24.4 Å². The standard InChI is InChI=1S/C11H19N3O2S2/c1-4-9(8-17-3)14-18(15,16)11-10(12-2)6-5-7-13-11/h5-7,9,12,14H,4,8H2,1-3H3. The first-order valence-electron chi connectivity index (χ1n) is 5.69. The lowest BCUT2D eigenvalue weighted by Gasteiger charge is -2.16. The summed E-state index contributed by atoms with van der Waals surface area (Å²) >= 11 is 1.62. The molecule has 1 aromatic rings. The first kappa shape index (κ1) is 15.3. The molecule has 0 radical (unpaired) electrons. The van der Waals surface area contributed by atoms with E-state index in [0.717, 1.165) is 12.2 Å². The third-order valence-corrected chi connectivity index (χ3v) is 4.69. The Hall–Kier alpha value is -0.790. The minimum Gasteiger partial charge on any atom is -0.386 e. The fourth-order valence-corrected chi connectivity index (χ4v) is 3.79. The topological polar surface area (TPSA) is 71.1 Å². The van der Waals surface area contributed by atoms with Crippen molar-refractivity contribution >= 4 is 27.5 Å². The zero-order valence-electron chi connectivity index (χ0n) is 10.8. The Labute approximate surface area is 113 Å². The number of pyridine rings is 1. The molecule has 5 nitrogen and oxygen atoms in total. The summed E-state index contributed by atoms with van der Waals surface area (Å²) in [4.78, 5) is 3.95. The Balaban J connectivity index is 2.98. The molecule has 1 unspecified atom stereocenters. The predicted octanol–water partition coefficient (Wildman–Crippen LogP) is 1.54. The van der Waals surface area contributed by atoms with E-state index < -0.39 is 10.0 Å². The van der Waals surface area contributed by atoms with E-state index >= 15 is 0 Å². The van der Waals surface area contributed by atoms with E-state index in [4.69, 9.17) is 0 Å². The third-order valence-electron chi connectivity index (χ3n) is 2.48. The maximum absolute atomic E-state index is 12.2. The first-order chi connectivity index (χ1) is 8.55.